The monoisotopic (exact) mass is 84.0 g/mol. The number of hydrogen-bond acceptors (Lipinski definition) is 1. The first kappa shape index (κ1) is 8.83. The van der Waals surface area contributed by atoms with Crippen LogP contribution in [0.1, 0.15) is 0 Å². The van der Waals surface area contributed by atoms with Crippen molar-refractivity contribution in [2.24, 2.45) is 0 Å². The highest BCUT2D eigenvalue weighted by Crippen LogP contribution is 1.29. The highest BCUT2D eigenvalue weighted by molar-refractivity contribution is 5.36. The third-order valence-corrected chi connectivity index (χ3v) is 0. The van der Waals surface area contributed by atoms with Crippen LogP contribution in [0, 0.1) is 0 Å². The van der Waals surface area contributed by atoms with E-state index in [9.17, 15) is 0 Å². The molecular formula is CN4O-2. The maximum Gasteiger partial charge on any atom is -0.0159 e. The predicted octanol–water partition coefficient (Wildman–Crippen LogP) is 0.758. The van der Waals surface area contributed by atoms with E-state index in [1.165, 1.54) is 4.91 Å². The first-order chi connectivity index (χ1) is 2.83. The predicted molar refractivity (Wildman–Crippen MR) is 19.1 cm³/mol. The Kier molecular flexibility index (Phi) is 82.5. The molecule has 0 atom stereocenters. The standard InChI is InChI=1S/CNO.N3/c2-1-3;1-3-2/q2*-1. The first-order valence-electron chi connectivity index (χ1n) is 0.828. The van der Waals surface area contributed by atoms with Crippen LogP contribution in [0.25, 0.3) is 21.4 Å². The summed E-state index contributed by atoms with van der Waals surface area (Å²) in [5, 5.41) is 6.76. The summed E-state index contributed by atoms with van der Waals surface area (Å²) in [6, 6.07) is 0. The van der Waals surface area contributed by atoms with E-state index in [2.05, 4.69) is 0 Å². The SMILES string of the molecule is [N-]=C=O.[N-]=[N+]=[N-]. The van der Waals surface area contributed by atoms with Crippen molar-refractivity contribution in [1.29, 1.82) is 0 Å². The molecule has 0 aliphatic rings. The molecule has 0 aliphatic carbocycles. The minimum absolute atomic E-state index is 0.500. The molecule has 0 unspecified atom stereocenters. The molecule has 0 aromatic carbocycles. The second kappa shape index (κ2) is 56.1. The Hall–Kier alpha value is -1.31. The lowest BCUT2D eigenvalue weighted by Gasteiger charge is -1.32. The Bertz CT molecular complexity index is 61.5. The van der Waals surface area contributed by atoms with Gasteiger partial charge in [-0.15, -0.1) is 0 Å². The van der Waals surface area contributed by atoms with Gasteiger partial charge in [0.25, 0.3) is 0 Å². The van der Waals surface area contributed by atoms with Gasteiger partial charge in [-0.3, -0.25) is 9.71 Å². The molecule has 5 nitrogen and oxygen atoms in total. The Balaban J connectivity index is 0. The fourth-order valence-corrected chi connectivity index (χ4v) is 0. The molecular weight excluding hydrogens is 84.0 g/mol. The maximum absolute atomic E-state index is 8.24. The molecule has 5 heteroatoms. The van der Waals surface area contributed by atoms with Crippen LogP contribution in [0.2, 0.25) is 0 Å². The summed E-state index contributed by atoms with van der Waals surface area (Å²) < 4.78 is 0. The third kappa shape index (κ3) is 4.48. The molecule has 0 saturated heterocycles. The fourth-order valence-electron chi connectivity index (χ4n) is 0. The van der Waals surface area contributed by atoms with Crippen LogP contribution < -0.4 is 0 Å². The normalized spacial score (nSPS) is 2.67. The van der Waals surface area contributed by atoms with Gasteiger partial charge in [-0.1, -0.05) is 0 Å². The number of hydrogen-bond donors (Lipinski definition) is 0. The van der Waals surface area contributed by atoms with Crippen molar-refractivity contribution in [3.8, 4) is 0 Å². The minimum atomic E-state index is 0.500. The van der Waals surface area contributed by atoms with Crippen LogP contribution in [-0.2, 0) is 4.79 Å². The Morgan fingerprint density at radius 3 is 1.50 bits per heavy atom. The van der Waals surface area contributed by atoms with E-state index >= 15 is 0 Å². The van der Waals surface area contributed by atoms with Crippen molar-refractivity contribution in [1.82, 2.24) is 0 Å². The molecule has 0 aromatic rings. The zero-order chi connectivity index (χ0) is 5.41. The van der Waals surface area contributed by atoms with E-state index in [4.69, 9.17) is 21.3 Å². The smallest absolute Gasteiger partial charge is 0.0159 e. The van der Waals surface area contributed by atoms with Crippen molar-refractivity contribution in [2.75, 3.05) is 0 Å². The molecule has 0 bridgehead atoms. The summed E-state index contributed by atoms with van der Waals surface area (Å²) in [4.78, 5) is 9.74. The van der Waals surface area contributed by atoms with Crippen LogP contribution in [0.4, 0.5) is 0 Å². The molecule has 0 aromatic heterocycles. The van der Waals surface area contributed by atoms with Gasteiger partial charge in [0.05, 0.1) is 0 Å². The van der Waals surface area contributed by atoms with Gasteiger partial charge in [0.15, 0.2) is 0 Å². The minimum Gasteiger partial charge on any atom is -0.724 e. The van der Waals surface area contributed by atoms with Crippen LogP contribution in [-0.4, -0.2) is 6.08 Å². The molecule has 0 saturated carbocycles. The van der Waals surface area contributed by atoms with Gasteiger partial charge < -0.3 is 16.5 Å². The Morgan fingerprint density at radius 1 is 1.50 bits per heavy atom. The van der Waals surface area contributed by atoms with Crippen molar-refractivity contribution in [3.63, 3.8) is 0 Å². The largest absolute Gasteiger partial charge is 0.724 e. The second-order valence-electron chi connectivity index (χ2n) is 0.181. The lowest BCUT2D eigenvalue weighted by Crippen LogP contribution is -1.13. The Labute approximate surface area is 33.5 Å². The van der Waals surface area contributed by atoms with Crippen molar-refractivity contribution in [3.05, 3.63) is 21.4 Å². The molecule has 0 amide bonds. The number of rotatable bonds is 0. The molecule has 0 rings (SSSR count). The van der Waals surface area contributed by atoms with E-state index in [1.807, 2.05) is 0 Å². The molecule has 0 N–H and O–H groups in total. The van der Waals surface area contributed by atoms with Crippen molar-refractivity contribution >= 4 is 6.08 Å². The zero-order valence-corrected chi connectivity index (χ0v) is 2.70. The van der Waals surface area contributed by atoms with Crippen molar-refractivity contribution < 1.29 is 4.79 Å². The number of carbonyl (C=O) groups excluding carboxylic acids is 1. The molecule has 0 fully saturated rings. The Morgan fingerprint density at radius 2 is 1.50 bits per heavy atom. The van der Waals surface area contributed by atoms with Crippen LogP contribution in [0.3, 0.4) is 0 Å². The quantitative estimate of drug-likeness (QED) is 0.140. The summed E-state index contributed by atoms with van der Waals surface area (Å²) in [7, 11) is 0. The van der Waals surface area contributed by atoms with Gasteiger partial charge in [0.2, 0.25) is 0 Å². The van der Waals surface area contributed by atoms with Gasteiger partial charge in [0, 0.05) is 0 Å². The molecule has 32 valence electrons. The van der Waals surface area contributed by atoms with Gasteiger partial charge in [-0.2, -0.15) is 0 Å². The van der Waals surface area contributed by atoms with E-state index in [0.29, 0.717) is 6.08 Å². The average molecular weight is 84.0 g/mol. The summed E-state index contributed by atoms with van der Waals surface area (Å²) in [6.45, 7) is 0. The van der Waals surface area contributed by atoms with Crippen molar-refractivity contribution in [2.45, 2.75) is 0 Å². The average Bonchev–Trinajstić information content (AvgIpc) is 1.39. The summed E-state index contributed by atoms with van der Waals surface area (Å²) in [5.74, 6) is 0. The highest BCUT2D eigenvalue weighted by atomic mass is 16.1. The van der Waals surface area contributed by atoms with Gasteiger partial charge >= 0.3 is 0 Å². The molecule has 6 heavy (non-hydrogen) atoms. The molecule has 0 radical (unpaired) electrons. The topological polar surface area (TPSA) is 98.1 Å². The van der Waals surface area contributed by atoms with E-state index in [0.717, 1.165) is 0 Å². The lowest BCUT2D eigenvalue weighted by atomic mass is 11.7. The van der Waals surface area contributed by atoms with Gasteiger partial charge in [0.1, 0.15) is 0 Å². The maximum atomic E-state index is 8.24. The van der Waals surface area contributed by atoms with Gasteiger partial charge in [-0.05, 0) is 6.08 Å². The van der Waals surface area contributed by atoms with E-state index in [-0.39, 0.29) is 0 Å². The summed E-state index contributed by atoms with van der Waals surface area (Å²) in [6.07, 6.45) is 0.500. The van der Waals surface area contributed by atoms with Crippen LogP contribution in [0.15, 0.2) is 0 Å². The second-order valence-corrected chi connectivity index (χ2v) is 0.181. The summed E-state index contributed by atoms with van der Waals surface area (Å²) in [5.41, 5.74) is 13.5. The third-order valence-electron chi connectivity index (χ3n) is 0. The fraction of sp³-hybridized carbons (Fsp3) is 0. The molecule has 0 heterocycles. The zero-order valence-electron chi connectivity index (χ0n) is 2.70. The number of nitrogens with zero attached hydrogens (tertiary/aromatic N) is 4. The molecule has 0 spiro atoms. The lowest BCUT2D eigenvalue weighted by molar-refractivity contribution is 0.569. The summed E-state index contributed by atoms with van der Waals surface area (Å²) >= 11 is 0. The van der Waals surface area contributed by atoms with Gasteiger partial charge in [-0.25, -0.2) is 0 Å². The first-order valence-corrected chi connectivity index (χ1v) is 0.828. The molecule has 0 aliphatic heterocycles. The van der Waals surface area contributed by atoms with E-state index < -0.39 is 0 Å². The number of isocyanates is 1. The van der Waals surface area contributed by atoms with E-state index in [1.54, 1.807) is 0 Å². The van der Waals surface area contributed by atoms with Crippen LogP contribution >= 0.6 is 0 Å². The highest BCUT2D eigenvalue weighted by Gasteiger charge is 0.791. The van der Waals surface area contributed by atoms with Crippen LogP contribution in [0.5, 0.6) is 0 Å².